The molecule has 0 N–H and O–H groups in total. The Labute approximate surface area is 142 Å². The number of carbonyl (C=O) groups excluding carboxylic acids is 3. The minimum Gasteiger partial charge on any atom is -0.456 e. The summed E-state index contributed by atoms with van der Waals surface area (Å²) in [6, 6.07) is 2.35. The molecule has 2 aromatic rings. The molecule has 1 aliphatic heterocycles. The van der Waals surface area contributed by atoms with Crippen molar-refractivity contribution < 1.29 is 28.0 Å². The summed E-state index contributed by atoms with van der Waals surface area (Å²) in [5, 5.41) is 4.16. The van der Waals surface area contributed by atoms with Crippen LogP contribution in [0.3, 0.4) is 0 Å². The Morgan fingerprint density at radius 2 is 1.84 bits per heavy atom. The zero-order valence-electron chi connectivity index (χ0n) is 14.0. The molecule has 130 valence electrons. The van der Waals surface area contributed by atoms with Crippen LogP contribution < -0.4 is 4.90 Å². The van der Waals surface area contributed by atoms with E-state index < -0.39 is 29.7 Å². The summed E-state index contributed by atoms with van der Waals surface area (Å²) in [6.07, 6.45) is -0.733. The molecule has 2 heterocycles. The minimum atomic E-state index is -0.792. The van der Waals surface area contributed by atoms with Gasteiger partial charge in [-0.25, -0.2) is 9.29 Å². The lowest BCUT2D eigenvalue weighted by atomic mass is 10.1. The summed E-state index contributed by atoms with van der Waals surface area (Å²) in [5.74, 6) is -2.45. The first kappa shape index (κ1) is 16.8. The van der Waals surface area contributed by atoms with E-state index in [0.717, 1.165) is 11.0 Å². The van der Waals surface area contributed by atoms with Gasteiger partial charge in [-0.1, -0.05) is 5.16 Å². The van der Waals surface area contributed by atoms with E-state index in [2.05, 4.69) is 5.16 Å². The van der Waals surface area contributed by atoms with Crippen LogP contribution in [0.1, 0.15) is 39.5 Å². The van der Waals surface area contributed by atoms with Gasteiger partial charge in [0, 0.05) is 24.1 Å². The van der Waals surface area contributed by atoms with Gasteiger partial charge < -0.3 is 9.26 Å². The lowest BCUT2D eigenvalue weighted by Crippen LogP contribution is -2.32. The zero-order chi connectivity index (χ0) is 18.5. The Morgan fingerprint density at radius 1 is 1.24 bits per heavy atom. The van der Waals surface area contributed by atoms with Crippen molar-refractivity contribution in [1.29, 1.82) is 0 Å². The highest BCUT2D eigenvalue weighted by atomic mass is 19.1. The number of imide groups is 1. The van der Waals surface area contributed by atoms with E-state index >= 15 is 0 Å². The Morgan fingerprint density at radius 3 is 2.40 bits per heavy atom. The molecule has 0 bridgehead atoms. The molecule has 25 heavy (non-hydrogen) atoms. The summed E-state index contributed by atoms with van der Waals surface area (Å²) in [4.78, 5) is 36.5. The number of fused-ring (bicyclic) bond motifs is 1. The number of nitrogens with zero attached hydrogens (tertiary/aromatic N) is 2. The van der Waals surface area contributed by atoms with E-state index in [9.17, 15) is 18.8 Å². The molecule has 1 unspecified atom stereocenters. The molecule has 0 radical (unpaired) electrons. The number of esters is 1. The molecule has 0 saturated heterocycles. The van der Waals surface area contributed by atoms with Gasteiger partial charge in [0.05, 0.1) is 11.1 Å². The third-order valence-corrected chi connectivity index (χ3v) is 4.15. The summed E-state index contributed by atoms with van der Waals surface area (Å²) in [7, 11) is 0. The van der Waals surface area contributed by atoms with Crippen LogP contribution in [0, 0.1) is 5.82 Å². The minimum absolute atomic E-state index is 0.121. The number of rotatable bonds is 3. The summed E-state index contributed by atoms with van der Waals surface area (Å²) in [5.41, 5.74) is 0.729. The standard InChI is InChI=1S/C17H15FN2O5/c1-7-8(2)17(23)20(16(7)22)13-5-11-14(6-12(13)18)25-19-15(11)9(3)24-10(4)21/h5-6,9H,1-4H3. The van der Waals surface area contributed by atoms with Crippen LogP contribution in [0.25, 0.3) is 11.0 Å². The predicted molar refractivity (Wildman–Crippen MR) is 85.0 cm³/mol. The molecule has 8 heteroatoms. The maximum absolute atomic E-state index is 14.5. The molecule has 3 rings (SSSR count). The number of ether oxygens (including phenoxy) is 1. The molecule has 7 nitrogen and oxygen atoms in total. The first-order valence-electron chi connectivity index (χ1n) is 7.54. The van der Waals surface area contributed by atoms with Crippen molar-refractivity contribution in [2.75, 3.05) is 4.90 Å². The van der Waals surface area contributed by atoms with Gasteiger partial charge in [0.1, 0.15) is 11.8 Å². The van der Waals surface area contributed by atoms with Crippen molar-refractivity contribution in [1.82, 2.24) is 5.16 Å². The van der Waals surface area contributed by atoms with E-state index in [4.69, 9.17) is 9.26 Å². The first-order valence-corrected chi connectivity index (χ1v) is 7.54. The van der Waals surface area contributed by atoms with Crippen LogP contribution in [0.4, 0.5) is 10.1 Å². The lowest BCUT2D eigenvalue weighted by molar-refractivity contribution is -0.146. The predicted octanol–water partition coefficient (Wildman–Crippen LogP) is 2.80. The molecule has 0 saturated carbocycles. The van der Waals surface area contributed by atoms with E-state index in [1.54, 1.807) is 6.92 Å². The maximum atomic E-state index is 14.5. The highest BCUT2D eigenvalue weighted by Crippen LogP contribution is 2.34. The van der Waals surface area contributed by atoms with E-state index in [-0.39, 0.29) is 28.1 Å². The molecule has 2 amide bonds. The molecule has 0 fully saturated rings. The van der Waals surface area contributed by atoms with Gasteiger partial charge in [0.15, 0.2) is 11.4 Å². The summed E-state index contributed by atoms with van der Waals surface area (Å²) in [6.45, 7) is 5.87. The van der Waals surface area contributed by atoms with Crippen LogP contribution in [0.15, 0.2) is 27.8 Å². The number of hydrogen-bond donors (Lipinski definition) is 0. The van der Waals surface area contributed by atoms with Crippen molar-refractivity contribution in [2.24, 2.45) is 0 Å². The van der Waals surface area contributed by atoms with E-state index in [1.807, 2.05) is 0 Å². The molecule has 1 aromatic heterocycles. The van der Waals surface area contributed by atoms with Gasteiger partial charge in [0.25, 0.3) is 11.8 Å². The van der Waals surface area contributed by atoms with Crippen molar-refractivity contribution in [3.8, 4) is 0 Å². The Bertz CT molecular complexity index is 935. The third kappa shape index (κ3) is 2.59. The molecular formula is C17H15FN2O5. The topological polar surface area (TPSA) is 89.7 Å². The second kappa shape index (κ2) is 5.80. The number of hydrogen-bond acceptors (Lipinski definition) is 6. The number of carbonyl (C=O) groups is 3. The second-order valence-corrected chi connectivity index (χ2v) is 5.81. The van der Waals surface area contributed by atoms with Crippen LogP contribution in [-0.4, -0.2) is 22.9 Å². The fraction of sp³-hybridized carbons (Fsp3) is 0.294. The number of aromatic nitrogens is 1. The highest BCUT2D eigenvalue weighted by Gasteiger charge is 2.36. The molecule has 1 aliphatic rings. The van der Waals surface area contributed by atoms with Crippen molar-refractivity contribution in [2.45, 2.75) is 33.8 Å². The van der Waals surface area contributed by atoms with E-state index in [0.29, 0.717) is 5.39 Å². The Kier molecular flexibility index (Phi) is 3.90. The van der Waals surface area contributed by atoms with Crippen molar-refractivity contribution in [3.63, 3.8) is 0 Å². The van der Waals surface area contributed by atoms with Crippen LogP contribution in [0.5, 0.6) is 0 Å². The lowest BCUT2D eigenvalue weighted by Gasteiger charge is -2.16. The van der Waals surface area contributed by atoms with Gasteiger partial charge in [-0.05, 0) is 26.8 Å². The van der Waals surface area contributed by atoms with Crippen LogP contribution in [0.2, 0.25) is 0 Å². The van der Waals surface area contributed by atoms with Crippen LogP contribution >= 0.6 is 0 Å². The fourth-order valence-electron chi connectivity index (χ4n) is 2.70. The SMILES string of the molecule is CC(=O)OC(C)c1noc2cc(F)c(N3C(=O)C(C)=C(C)C3=O)cc12. The quantitative estimate of drug-likeness (QED) is 0.627. The number of benzene rings is 1. The zero-order valence-corrected chi connectivity index (χ0v) is 14.0. The van der Waals surface area contributed by atoms with Crippen molar-refractivity contribution >= 4 is 34.4 Å². The first-order chi connectivity index (χ1) is 11.7. The average molecular weight is 346 g/mol. The monoisotopic (exact) mass is 346 g/mol. The smallest absolute Gasteiger partial charge is 0.303 e. The number of amides is 2. The van der Waals surface area contributed by atoms with Gasteiger partial charge in [-0.2, -0.15) is 0 Å². The largest absolute Gasteiger partial charge is 0.456 e. The summed E-state index contributed by atoms with van der Waals surface area (Å²) >= 11 is 0. The van der Waals surface area contributed by atoms with Gasteiger partial charge in [-0.15, -0.1) is 0 Å². The average Bonchev–Trinajstić information content (AvgIpc) is 3.02. The number of halogens is 1. The molecule has 0 spiro atoms. The molecule has 1 aromatic carbocycles. The van der Waals surface area contributed by atoms with Crippen LogP contribution in [-0.2, 0) is 19.1 Å². The van der Waals surface area contributed by atoms with E-state index in [1.165, 1.54) is 26.8 Å². The Hall–Kier alpha value is -3.03. The highest BCUT2D eigenvalue weighted by molar-refractivity contribution is 6.32. The molecule has 0 aliphatic carbocycles. The Balaban J connectivity index is 2.12. The molecule has 1 atom stereocenters. The number of anilines is 1. The summed E-state index contributed by atoms with van der Waals surface area (Å²) < 4.78 is 24.6. The fourth-order valence-corrected chi connectivity index (χ4v) is 2.70. The van der Waals surface area contributed by atoms with Gasteiger partial charge >= 0.3 is 5.97 Å². The molecular weight excluding hydrogens is 331 g/mol. The third-order valence-electron chi connectivity index (χ3n) is 4.15. The maximum Gasteiger partial charge on any atom is 0.303 e. The normalized spacial score (nSPS) is 16.1. The van der Waals surface area contributed by atoms with Gasteiger partial charge in [-0.3, -0.25) is 14.4 Å². The van der Waals surface area contributed by atoms with Gasteiger partial charge in [0.2, 0.25) is 0 Å². The second-order valence-electron chi connectivity index (χ2n) is 5.81. The van der Waals surface area contributed by atoms with Crippen molar-refractivity contribution in [3.05, 3.63) is 34.8 Å².